The second-order valence-electron chi connectivity index (χ2n) is 5.47. The van der Waals surface area contributed by atoms with Gasteiger partial charge in [0.1, 0.15) is 11.3 Å². The van der Waals surface area contributed by atoms with Crippen molar-refractivity contribution in [3.05, 3.63) is 36.3 Å². The van der Waals surface area contributed by atoms with Crippen LogP contribution in [-0.4, -0.2) is 24.1 Å². The topological polar surface area (TPSA) is 42.1 Å². The Labute approximate surface area is 112 Å². The molecule has 2 atom stereocenters. The Morgan fingerprint density at radius 2 is 2.16 bits per heavy atom. The van der Waals surface area contributed by atoms with Crippen LogP contribution in [0.25, 0.3) is 10.9 Å². The SMILES string of the molecule is C[C@H]1C[C@@H](N)CN(c2ccc(F)c3ncccc23)C1. The zero-order valence-corrected chi connectivity index (χ0v) is 11.0. The Balaban J connectivity index is 2.07. The lowest BCUT2D eigenvalue weighted by molar-refractivity contribution is 0.402. The smallest absolute Gasteiger partial charge is 0.149 e. The van der Waals surface area contributed by atoms with Crippen LogP contribution in [0.2, 0.25) is 0 Å². The predicted molar refractivity (Wildman–Crippen MR) is 75.7 cm³/mol. The molecule has 0 radical (unpaired) electrons. The molecule has 2 aromatic rings. The summed E-state index contributed by atoms with van der Waals surface area (Å²) in [6, 6.07) is 7.28. The van der Waals surface area contributed by atoms with Gasteiger partial charge >= 0.3 is 0 Å². The average Bonchev–Trinajstić information content (AvgIpc) is 2.38. The number of hydrogen-bond donors (Lipinski definition) is 1. The van der Waals surface area contributed by atoms with Crippen molar-refractivity contribution in [1.29, 1.82) is 0 Å². The van der Waals surface area contributed by atoms with Crippen molar-refractivity contribution in [2.24, 2.45) is 11.7 Å². The van der Waals surface area contributed by atoms with Crippen LogP contribution >= 0.6 is 0 Å². The third-order valence-electron chi connectivity index (χ3n) is 3.73. The Bertz CT molecular complexity index is 589. The number of benzene rings is 1. The molecule has 4 heteroatoms. The summed E-state index contributed by atoms with van der Waals surface area (Å²) in [5.41, 5.74) is 7.57. The molecule has 1 fully saturated rings. The molecule has 3 nitrogen and oxygen atoms in total. The molecule has 19 heavy (non-hydrogen) atoms. The summed E-state index contributed by atoms with van der Waals surface area (Å²) >= 11 is 0. The highest BCUT2D eigenvalue weighted by Gasteiger charge is 2.23. The maximum Gasteiger partial charge on any atom is 0.149 e. The molecule has 0 bridgehead atoms. The zero-order chi connectivity index (χ0) is 13.4. The van der Waals surface area contributed by atoms with Crippen LogP contribution in [0.4, 0.5) is 10.1 Å². The Kier molecular flexibility index (Phi) is 3.11. The molecule has 100 valence electrons. The second kappa shape index (κ2) is 4.78. The van der Waals surface area contributed by atoms with E-state index in [0.717, 1.165) is 30.6 Å². The molecule has 1 aliphatic rings. The first-order valence-corrected chi connectivity index (χ1v) is 6.69. The third kappa shape index (κ3) is 2.28. The highest BCUT2D eigenvalue weighted by molar-refractivity contribution is 5.92. The predicted octanol–water partition coefficient (Wildman–Crippen LogP) is 2.55. The van der Waals surface area contributed by atoms with Gasteiger partial charge in [-0.1, -0.05) is 6.92 Å². The minimum atomic E-state index is -0.270. The lowest BCUT2D eigenvalue weighted by atomic mass is 9.95. The van der Waals surface area contributed by atoms with E-state index in [0.29, 0.717) is 11.4 Å². The molecule has 0 saturated carbocycles. The van der Waals surface area contributed by atoms with Crippen molar-refractivity contribution in [3.8, 4) is 0 Å². The van der Waals surface area contributed by atoms with E-state index in [1.807, 2.05) is 18.2 Å². The molecule has 1 aromatic carbocycles. The Morgan fingerprint density at radius 1 is 1.32 bits per heavy atom. The first-order valence-electron chi connectivity index (χ1n) is 6.69. The highest BCUT2D eigenvalue weighted by Crippen LogP contribution is 2.30. The first kappa shape index (κ1) is 12.4. The molecule has 1 aromatic heterocycles. The molecule has 0 amide bonds. The van der Waals surface area contributed by atoms with E-state index in [2.05, 4.69) is 16.8 Å². The fourth-order valence-electron chi connectivity index (χ4n) is 3.00. The van der Waals surface area contributed by atoms with Gasteiger partial charge in [0.2, 0.25) is 0 Å². The number of rotatable bonds is 1. The number of hydrogen-bond acceptors (Lipinski definition) is 3. The van der Waals surface area contributed by atoms with Gasteiger partial charge in [0.05, 0.1) is 0 Å². The largest absolute Gasteiger partial charge is 0.369 e. The van der Waals surface area contributed by atoms with E-state index in [1.165, 1.54) is 6.07 Å². The normalized spacial score (nSPS) is 23.8. The summed E-state index contributed by atoms with van der Waals surface area (Å²) in [7, 11) is 0. The van der Waals surface area contributed by atoms with Gasteiger partial charge in [0.25, 0.3) is 0 Å². The van der Waals surface area contributed by atoms with Crippen LogP contribution in [0, 0.1) is 11.7 Å². The van der Waals surface area contributed by atoms with Crippen molar-refractivity contribution in [2.75, 3.05) is 18.0 Å². The van der Waals surface area contributed by atoms with Crippen molar-refractivity contribution in [1.82, 2.24) is 4.98 Å². The Morgan fingerprint density at radius 3 is 2.95 bits per heavy atom. The van der Waals surface area contributed by atoms with Crippen LogP contribution in [-0.2, 0) is 0 Å². The summed E-state index contributed by atoms with van der Waals surface area (Å²) in [6.07, 6.45) is 2.67. The lowest BCUT2D eigenvalue weighted by Crippen LogP contribution is -2.46. The number of pyridine rings is 1. The van der Waals surface area contributed by atoms with Gasteiger partial charge in [-0.05, 0) is 36.6 Å². The van der Waals surface area contributed by atoms with E-state index in [-0.39, 0.29) is 11.9 Å². The number of nitrogens with zero attached hydrogens (tertiary/aromatic N) is 2. The fraction of sp³-hybridized carbons (Fsp3) is 0.400. The first-order chi connectivity index (χ1) is 9.15. The molecular weight excluding hydrogens is 241 g/mol. The molecule has 3 rings (SSSR count). The molecule has 0 unspecified atom stereocenters. The average molecular weight is 259 g/mol. The van der Waals surface area contributed by atoms with E-state index in [9.17, 15) is 4.39 Å². The molecule has 1 aliphatic heterocycles. The van der Waals surface area contributed by atoms with Crippen LogP contribution in [0.3, 0.4) is 0 Å². The zero-order valence-electron chi connectivity index (χ0n) is 11.0. The van der Waals surface area contributed by atoms with Gasteiger partial charge in [-0.15, -0.1) is 0 Å². The van der Waals surface area contributed by atoms with E-state index in [1.54, 1.807) is 6.20 Å². The number of halogens is 1. The Hall–Kier alpha value is -1.68. The number of anilines is 1. The minimum absolute atomic E-state index is 0.181. The summed E-state index contributed by atoms with van der Waals surface area (Å²) in [5.74, 6) is 0.286. The monoisotopic (exact) mass is 259 g/mol. The summed E-state index contributed by atoms with van der Waals surface area (Å²) in [5, 5.41) is 0.865. The van der Waals surface area contributed by atoms with Crippen LogP contribution in [0.15, 0.2) is 30.5 Å². The summed E-state index contributed by atoms with van der Waals surface area (Å²) < 4.78 is 13.8. The molecule has 1 saturated heterocycles. The highest BCUT2D eigenvalue weighted by atomic mass is 19.1. The van der Waals surface area contributed by atoms with E-state index >= 15 is 0 Å². The number of piperidine rings is 1. The third-order valence-corrected chi connectivity index (χ3v) is 3.73. The lowest BCUT2D eigenvalue weighted by Gasteiger charge is -2.37. The van der Waals surface area contributed by atoms with Gasteiger partial charge in [0.15, 0.2) is 0 Å². The minimum Gasteiger partial charge on any atom is -0.369 e. The quantitative estimate of drug-likeness (QED) is 0.855. The van der Waals surface area contributed by atoms with Crippen molar-refractivity contribution in [2.45, 2.75) is 19.4 Å². The summed E-state index contributed by atoms with van der Waals surface area (Å²) in [4.78, 5) is 6.39. The molecular formula is C15H18FN3. The molecule has 2 N–H and O–H groups in total. The number of nitrogens with two attached hydrogens (primary N) is 1. The molecule has 2 heterocycles. The van der Waals surface area contributed by atoms with Gasteiger partial charge in [-0.25, -0.2) is 4.39 Å². The van der Waals surface area contributed by atoms with Gasteiger partial charge < -0.3 is 10.6 Å². The standard InChI is InChI=1S/C15H18FN3/c1-10-7-11(17)9-19(8-10)14-5-4-13(16)15-12(14)3-2-6-18-15/h2-6,10-11H,7-9,17H2,1H3/t10-,11+/m0/s1. The summed E-state index contributed by atoms with van der Waals surface area (Å²) in [6.45, 7) is 3.99. The van der Waals surface area contributed by atoms with E-state index < -0.39 is 0 Å². The number of fused-ring (bicyclic) bond motifs is 1. The van der Waals surface area contributed by atoms with Crippen LogP contribution in [0.5, 0.6) is 0 Å². The fourth-order valence-corrected chi connectivity index (χ4v) is 3.00. The van der Waals surface area contributed by atoms with Gasteiger partial charge in [-0.2, -0.15) is 0 Å². The second-order valence-corrected chi connectivity index (χ2v) is 5.47. The van der Waals surface area contributed by atoms with Crippen LogP contribution < -0.4 is 10.6 Å². The maximum absolute atomic E-state index is 13.8. The van der Waals surface area contributed by atoms with Gasteiger partial charge in [-0.3, -0.25) is 4.98 Å². The molecule has 0 aliphatic carbocycles. The molecule has 0 spiro atoms. The maximum atomic E-state index is 13.8. The van der Waals surface area contributed by atoms with Gasteiger partial charge in [0, 0.05) is 36.4 Å². The van der Waals surface area contributed by atoms with Crippen molar-refractivity contribution < 1.29 is 4.39 Å². The van der Waals surface area contributed by atoms with Crippen LogP contribution in [0.1, 0.15) is 13.3 Å². The van der Waals surface area contributed by atoms with Crippen molar-refractivity contribution in [3.63, 3.8) is 0 Å². The number of aromatic nitrogens is 1. The van der Waals surface area contributed by atoms with Crippen molar-refractivity contribution >= 4 is 16.6 Å². The van der Waals surface area contributed by atoms with E-state index in [4.69, 9.17) is 5.73 Å².